The largest absolute Gasteiger partial charge is 0.320 e. The van der Waals surface area contributed by atoms with Crippen molar-refractivity contribution in [1.29, 1.82) is 0 Å². The van der Waals surface area contributed by atoms with Crippen molar-refractivity contribution in [3.63, 3.8) is 0 Å². The number of nitrogens with zero attached hydrogens (tertiary/aromatic N) is 2. The second kappa shape index (κ2) is 7.42. The molecule has 0 aliphatic carbocycles. The summed E-state index contributed by atoms with van der Waals surface area (Å²) in [4.78, 5) is 32.8. The van der Waals surface area contributed by atoms with Crippen molar-refractivity contribution in [2.75, 3.05) is 10.6 Å². The molecule has 8 heteroatoms. The Morgan fingerprint density at radius 1 is 1.04 bits per heavy atom. The molecule has 0 saturated heterocycles. The molecule has 1 aromatic carbocycles. The third-order valence-electron chi connectivity index (χ3n) is 3.31. The van der Waals surface area contributed by atoms with Crippen molar-refractivity contribution in [2.24, 2.45) is 0 Å². The summed E-state index contributed by atoms with van der Waals surface area (Å²) < 4.78 is 0. The standard InChI is InChI=1S/C17H13ClN4O2S/c1-10-5-4-6-11(18)14(10)21-16(24)13-9-20-17(25-13)22-15(23)12-7-2-3-8-19-12/h2-9H,1H3,(H,21,24)(H,20,22,23). The van der Waals surface area contributed by atoms with Gasteiger partial charge in [-0.3, -0.25) is 19.9 Å². The Balaban J connectivity index is 1.71. The van der Waals surface area contributed by atoms with Crippen LogP contribution in [0.3, 0.4) is 0 Å². The lowest BCUT2D eigenvalue weighted by molar-refractivity contribution is 0.101. The van der Waals surface area contributed by atoms with Gasteiger partial charge < -0.3 is 5.32 Å². The second-order valence-electron chi connectivity index (χ2n) is 5.08. The number of carbonyl (C=O) groups excluding carboxylic acids is 2. The SMILES string of the molecule is Cc1cccc(Cl)c1NC(=O)c1cnc(NC(=O)c2ccccn2)s1. The van der Waals surface area contributed by atoms with E-state index in [9.17, 15) is 9.59 Å². The number of carbonyl (C=O) groups is 2. The summed E-state index contributed by atoms with van der Waals surface area (Å²) in [7, 11) is 0. The van der Waals surface area contributed by atoms with Crippen LogP contribution in [0.15, 0.2) is 48.8 Å². The van der Waals surface area contributed by atoms with E-state index in [2.05, 4.69) is 20.6 Å². The van der Waals surface area contributed by atoms with Crippen molar-refractivity contribution in [3.05, 3.63) is 69.9 Å². The fraction of sp³-hybridized carbons (Fsp3) is 0.0588. The van der Waals surface area contributed by atoms with E-state index in [1.165, 1.54) is 12.4 Å². The number of halogens is 1. The predicted octanol–water partition coefficient (Wildman–Crippen LogP) is 4.00. The highest BCUT2D eigenvalue weighted by atomic mass is 35.5. The highest BCUT2D eigenvalue weighted by Gasteiger charge is 2.15. The Bertz CT molecular complexity index is 907. The summed E-state index contributed by atoms with van der Waals surface area (Å²) in [6, 6.07) is 10.4. The average Bonchev–Trinajstić information content (AvgIpc) is 3.07. The maximum absolute atomic E-state index is 12.4. The summed E-state index contributed by atoms with van der Waals surface area (Å²) in [5.74, 6) is -0.726. The van der Waals surface area contributed by atoms with Gasteiger partial charge in [-0.05, 0) is 30.7 Å². The molecule has 0 spiro atoms. The Morgan fingerprint density at radius 2 is 1.88 bits per heavy atom. The predicted molar refractivity (Wildman–Crippen MR) is 98.4 cm³/mol. The van der Waals surface area contributed by atoms with E-state index in [0.717, 1.165) is 16.9 Å². The topological polar surface area (TPSA) is 84.0 Å². The molecule has 0 aliphatic heterocycles. The van der Waals surface area contributed by atoms with E-state index in [1.807, 2.05) is 19.1 Å². The van der Waals surface area contributed by atoms with Gasteiger partial charge in [0, 0.05) is 6.20 Å². The number of thiazole rings is 1. The smallest absolute Gasteiger partial charge is 0.276 e. The zero-order chi connectivity index (χ0) is 17.8. The van der Waals surface area contributed by atoms with Crippen molar-refractivity contribution in [1.82, 2.24) is 9.97 Å². The molecule has 25 heavy (non-hydrogen) atoms. The molecule has 0 aliphatic rings. The number of hydrogen-bond acceptors (Lipinski definition) is 5. The molecule has 2 N–H and O–H groups in total. The Labute approximate surface area is 152 Å². The maximum atomic E-state index is 12.4. The number of nitrogens with one attached hydrogen (secondary N) is 2. The van der Waals surface area contributed by atoms with Crippen LogP contribution in [0.1, 0.15) is 25.7 Å². The number of rotatable bonds is 4. The highest BCUT2D eigenvalue weighted by molar-refractivity contribution is 7.17. The number of para-hydroxylation sites is 1. The van der Waals surface area contributed by atoms with E-state index in [4.69, 9.17) is 11.6 Å². The van der Waals surface area contributed by atoms with E-state index in [0.29, 0.717) is 20.7 Å². The fourth-order valence-corrected chi connectivity index (χ4v) is 3.04. The van der Waals surface area contributed by atoms with Gasteiger partial charge in [0.15, 0.2) is 5.13 Å². The molecule has 2 aromatic heterocycles. The van der Waals surface area contributed by atoms with Gasteiger partial charge in [-0.25, -0.2) is 4.98 Å². The first-order valence-electron chi connectivity index (χ1n) is 7.29. The van der Waals surface area contributed by atoms with E-state index in [1.54, 1.807) is 24.3 Å². The van der Waals surface area contributed by atoms with Crippen molar-refractivity contribution < 1.29 is 9.59 Å². The van der Waals surface area contributed by atoms with Gasteiger partial charge in [-0.2, -0.15) is 0 Å². The number of hydrogen-bond donors (Lipinski definition) is 2. The maximum Gasteiger partial charge on any atom is 0.276 e. The molecule has 0 unspecified atom stereocenters. The molecule has 0 saturated carbocycles. The van der Waals surface area contributed by atoms with Crippen molar-refractivity contribution in [3.8, 4) is 0 Å². The minimum Gasteiger partial charge on any atom is -0.320 e. The molecule has 0 bridgehead atoms. The number of pyridine rings is 1. The van der Waals surface area contributed by atoms with Crippen molar-refractivity contribution in [2.45, 2.75) is 6.92 Å². The van der Waals surface area contributed by atoms with E-state index >= 15 is 0 Å². The van der Waals surface area contributed by atoms with Crippen LogP contribution in [0.5, 0.6) is 0 Å². The van der Waals surface area contributed by atoms with E-state index < -0.39 is 0 Å². The molecule has 126 valence electrons. The molecule has 0 atom stereocenters. The first-order chi connectivity index (χ1) is 12.0. The van der Waals surface area contributed by atoms with Crippen LogP contribution >= 0.6 is 22.9 Å². The molecule has 2 amide bonds. The number of aromatic nitrogens is 2. The highest BCUT2D eigenvalue weighted by Crippen LogP contribution is 2.27. The summed E-state index contributed by atoms with van der Waals surface area (Å²) in [6.07, 6.45) is 2.93. The van der Waals surface area contributed by atoms with Crippen molar-refractivity contribution >= 4 is 45.6 Å². The molecular formula is C17H13ClN4O2S. The molecule has 3 rings (SSSR count). The molecule has 0 fully saturated rings. The first kappa shape index (κ1) is 17.1. The first-order valence-corrected chi connectivity index (χ1v) is 8.48. The lowest BCUT2D eigenvalue weighted by Gasteiger charge is -2.08. The average molecular weight is 373 g/mol. The Morgan fingerprint density at radius 3 is 2.60 bits per heavy atom. The van der Waals surface area contributed by atoms with Gasteiger partial charge in [-0.15, -0.1) is 0 Å². The number of anilines is 2. The van der Waals surface area contributed by atoms with Gasteiger partial charge in [0.25, 0.3) is 11.8 Å². The fourth-order valence-electron chi connectivity index (χ4n) is 2.06. The van der Waals surface area contributed by atoms with Crippen LogP contribution < -0.4 is 10.6 Å². The van der Waals surface area contributed by atoms with Crippen LogP contribution in [0, 0.1) is 6.92 Å². The molecule has 0 radical (unpaired) electrons. The van der Waals surface area contributed by atoms with Crippen LogP contribution in [0.2, 0.25) is 5.02 Å². The van der Waals surface area contributed by atoms with Gasteiger partial charge in [0.05, 0.1) is 16.9 Å². The Kier molecular flexibility index (Phi) is 5.06. The minimum absolute atomic E-state index is 0.274. The molecule has 2 heterocycles. The summed E-state index contributed by atoms with van der Waals surface area (Å²) in [6.45, 7) is 1.85. The molecule has 6 nitrogen and oxygen atoms in total. The number of benzene rings is 1. The lowest BCUT2D eigenvalue weighted by atomic mass is 10.2. The summed E-state index contributed by atoms with van der Waals surface area (Å²) in [5, 5.41) is 6.16. The minimum atomic E-state index is -0.385. The summed E-state index contributed by atoms with van der Waals surface area (Å²) in [5.41, 5.74) is 1.69. The van der Waals surface area contributed by atoms with Gasteiger partial charge in [-0.1, -0.05) is 41.1 Å². The Hall–Kier alpha value is -2.77. The van der Waals surface area contributed by atoms with Crippen LogP contribution in [0.25, 0.3) is 0 Å². The lowest BCUT2D eigenvalue weighted by Crippen LogP contribution is -2.13. The third-order valence-corrected chi connectivity index (χ3v) is 4.53. The quantitative estimate of drug-likeness (QED) is 0.724. The molecular weight excluding hydrogens is 360 g/mol. The van der Waals surface area contributed by atoms with Crippen LogP contribution in [-0.4, -0.2) is 21.8 Å². The molecule has 3 aromatic rings. The van der Waals surface area contributed by atoms with Gasteiger partial charge >= 0.3 is 0 Å². The number of aryl methyl sites for hydroxylation is 1. The monoisotopic (exact) mass is 372 g/mol. The summed E-state index contributed by atoms with van der Waals surface area (Å²) >= 11 is 7.18. The number of amides is 2. The second-order valence-corrected chi connectivity index (χ2v) is 6.52. The van der Waals surface area contributed by atoms with E-state index in [-0.39, 0.29) is 17.5 Å². The normalized spacial score (nSPS) is 10.3. The third kappa shape index (κ3) is 4.01. The van der Waals surface area contributed by atoms with Crippen LogP contribution in [0.4, 0.5) is 10.8 Å². The zero-order valence-corrected chi connectivity index (χ0v) is 14.7. The zero-order valence-electron chi connectivity index (χ0n) is 13.1. The van der Waals surface area contributed by atoms with Gasteiger partial charge in [0.2, 0.25) is 0 Å². The van der Waals surface area contributed by atoms with Crippen LogP contribution in [-0.2, 0) is 0 Å². The van der Waals surface area contributed by atoms with Gasteiger partial charge in [0.1, 0.15) is 10.6 Å².